The zero-order valence-electron chi connectivity index (χ0n) is 12.7. The summed E-state index contributed by atoms with van der Waals surface area (Å²) in [6, 6.07) is 6.65. The Balaban J connectivity index is 1.50. The molecule has 2 aliphatic rings. The van der Waals surface area contributed by atoms with Crippen molar-refractivity contribution in [3.8, 4) is 5.75 Å². The van der Waals surface area contributed by atoms with Gasteiger partial charge in [-0.15, -0.1) is 0 Å². The van der Waals surface area contributed by atoms with E-state index in [9.17, 15) is 4.79 Å². The minimum Gasteiger partial charge on any atom is -0.493 e. The Bertz CT molecular complexity index is 516. The Hall–Kier alpha value is -1.55. The third-order valence-corrected chi connectivity index (χ3v) is 4.57. The van der Waals surface area contributed by atoms with E-state index < -0.39 is 0 Å². The van der Waals surface area contributed by atoms with Gasteiger partial charge in [0.15, 0.2) is 0 Å². The molecule has 1 aromatic rings. The van der Waals surface area contributed by atoms with Crippen LogP contribution in [0, 0.1) is 0 Å². The number of hydrogen-bond acceptors (Lipinski definition) is 3. The second-order valence-corrected chi connectivity index (χ2v) is 5.95. The molecule has 3 rings (SSSR count). The van der Waals surface area contributed by atoms with Crippen molar-refractivity contribution in [3.63, 3.8) is 0 Å². The van der Waals surface area contributed by atoms with Gasteiger partial charge in [-0.3, -0.25) is 9.69 Å². The largest absolute Gasteiger partial charge is 0.493 e. The van der Waals surface area contributed by atoms with Crippen LogP contribution in [0.2, 0.25) is 0 Å². The van der Waals surface area contributed by atoms with Gasteiger partial charge in [-0.05, 0) is 43.1 Å². The van der Waals surface area contributed by atoms with Crippen molar-refractivity contribution in [1.82, 2.24) is 10.2 Å². The molecule has 0 spiro atoms. The number of ether oxygens (including phenoxy) is 1. The molecule has 0 aliphatic carbocycles. The van der Waals surface area contributed by atoms with Crippen LogP contribution in [0.25, 0.3) is 0 Å². The lowest BCUT2D eigenvalue weighted by atomic mass is 10.1. The van der Waals surface area contributed by atoms with E-state index >= 15 is 0 Å². The summed E-state index contributed by atoms with van der Waals surface area (Å²) in [5.41, 5.74) is 2.29. The number of nitrogens with one attached hydrogen (secondary N) is 1. The standard InChI is InChI=1S/C17H24N2O2/c1-2-19-8-3-4-15(19)12-18-17(20)11-13-5-6-14-7-9-21-16(14)10-13/h5-6,10,15H,2-4,7-9,11-12H2,1H3,(H,18,20)/t15-/m1/s1. The third kappa shape index (κ3) is 3.38. The molecule has 1 fully saturated rings. The van der Waals surface area contributed by atoms with Gasteiger partial charge in [0, 0.05) is 19.0 Å². The first-order valence-corrected chi connectivity index (χ1v) is 8.01. The fourth-order valence-electron chi connectivity index (χ4n) is 3.34. The van der Waals surface area contributed by atoms with Gasteiger partial charge in [0.05, 0.1) is 13.0 Å². The van der Waals surface area contributed by atoms with Crippen LogP contribution in [0.5, 0.6) is 5.75 Å². The summed E-state index contributed by atoms with van der Waals surface area (Å²) in [5, 5.41) is 3.08. The Morgan fingerprint density at radius 3 is 3.24 bits per heavy atom. The normalized spacial score (nSPS) is 21.1. The average molecular weight is 288 g/mol. The van der Waals surface area contributed by atoms with Crippen molar-refractivity contribution in [1.29, 1.82) is 0 Å². The molecule has 114 valence electrons. The van der Waals surface area contributed by atoms with E-state index in [0.717, 1.165) is 37.4 Å². The van der Waals surface area contributed by atoms with Crippen LogP contribution in [0.15, 0.2) is 18.2 Å². The van der Waals surface area contributed by atoms with Crippen molar-refractivity contribution in [2.24, 2.45) is 0 Å². The SMILES string of the molecule is CCN1CCC[C@@H]1CNC(=O)Cc1ccc2c(c1)OCC2. The van der Waals surface area contributed by atoms with Crippen molar-refractivity contribution in [2.75, 3.05) is 26.2 Å². The summed E-state index contributed by atoms with van der Waals surface area (Å²) < 4.78 is 5.55. The number of amides is 1. The maximum absolute atomic E-state index is 12.1. The van der Waals surface area contributed by atoms with Gasteiger partial charge in [0.25, 0.3) is 0 Å². The van der Waals surface area contributed by atoms with Crippen LogP contribution in [0.3, 0.4) is 0 Å². The second kappa shape index (κ2) is 6.48. The van der Waals surface area contributed by atoms with Crippen molar-refractivity contribution < 1.29 is 9.53 Å². The highest BCUT2D eigenvalue weighted by Gasteiger charge is 2.23. The minimum absolute atomic E-state index is 0.107. The predicted octanol–water partition coefficient (Wildman–Crippen LogP) is 1.76. The highest BCUT2D eigenvalue weighted by molar-refractivity contribution is 5.78. The summed E-state index contributed by atoms with van der Waals surface area (Å²) in [6.07, 6.45) is 3.86. The summed E-state index contributed by atoms with van der Waals surface area (Å²) in [6.45, 7) is 5.96. The number of hydrogen-bond donors (Lipinski definition) is 1. The monoisotopic (exact) mass is 288 g/mol. The summed E-state index contributed by atoms with van der Waals surface area (Å²) >= 11 is 0. The number of likely N-dealkylation sites (tertiary alicyclic amines) is 1. The molecule has 1 atom stereocenters. The quantitative estimate of drug-likeness (QED) is 0.898. The molecular formula is C17H24N2O2. The van der Waals surface area contributed by atoms with E-state index in [-0.39, 0.29) is 5.91 Å². The fourth-order valence-corrected chi connectivity index (χ4v) is 3.34. The second-order valence-electron chi connectivity index (χ2n) is 5.95. The molecule has 0 saturated carbocycles. The van der Waals surface area contributed by atoms with E-state index in [1.807, 2.05) is 12.1 Å². The van der Waals surface area contributed by atoms with Gasteiger partial charge >= 0.3 is 0 Å². The average Bonchev–Trinajstić information content (AvgIpc) is 3.13. The first kappa shape index (κ1) is 14.4. The van der Waals surface area contributed by atoms with Gasteiger partial charge in [0.2, 0.25) is 5.91 Å². The van der Waals surface area contributed by atoms with Crippen LogP contribution in [0.1, 0.15) is 30.9 Å². The number of likely N-dealkylation sites (N-methyl/N-ethyl adjacent to an activating group) is 1. The number of nitrogens with zero attached hydrogens (tertiary/aromatic N) is 1. The Morgan fingerprint density at radius 1 is 1.48 bits per heavy atom. The molecule has 0 radical (unpaired) electrons. The fraction of sp³-hybridized carbons (Fsp3) is 0.588. The van der Waals surface area contributed by atoms with E-state index in [1.54, 1.807) is 0 Å². The Labute approximate surface area is 126 Å². The highest BCUT2D eigenvalue weighted by Crippen LogP contribution is 2.26. The molecule has 1 amide bonds. The Kier molecular flexibility index (Phi) is 4.44. The number of rotatable bonds is 5. The zero-order valence-corrected chi connectivity index (χ0v) is 12.7. The molecule has 1 saturated heterocycles. The summed E-state index contributed by atoms with van der Waals surface area (Å²) in [4.78, 5) is 14.5. The molecule has 2 heterocycles. The molecule has 0 unspecified atom stereocenters. The molecule has 4 heteroatoms. The van der Waals surface area contributed by atoms with Gasteiger partial charge < -0.3 is 10.1 Å². The molecule has 1 aromatic carbocycles. The summed E-state index contributed by atoms with van der Waals surface area (Å²) in [7, 11) is 0. The molecular weight excluding hydrogens is 264 g/mol. The Morgan fingerprint density at radius 2 is 2.38 bits per heavy atom. The van der Waals surface area contributed by atoms with Crippen LogP contribution >= 0.6 is 0 Å². The van der Waals surface area contributed by atoms with Crippen LogP contribution in [-0.2, 0) is 17.6 Å². The van der Waals surface area contributed by atoms with Gasteiger partial charge in [-0.1, -0.05) is 19.1 Å². The van der Waals surface area contributed by atoms with Crippen molar-refractivity contribution in [2.45, 2.75) is 38.6 Å². The smallest absolute Gasteiger partial charge is 0.224 e. The third-order valence-electron chi connectivity index (χ3n) is 4.57. The molecule has 1 N–H and O–H groups in total. The lowest BCUT2D eigenvalue weighted by Gasteiger charge is -2.22. The van der Waals surface area contributed by atoms with Crippen molar-refractivity contribution in [3.05, 3.63) is 29.3 Å². The van der Waals surface area contributed by atoms with Crippen LogP contribution < -0.4 is 10.1 Å². The maximum Gasteiger partial charge on any atom is 0.224 e. The predicted molar refractivity (Wildman–Crippen MR) is 82.6 cm³/mol. The summed E-state index contributed by atoms with van der Waals surface area (Å²) in [5.74, 6) is 1.06. The van der Waals surface area contributed by atoms with Crippen LogP contribution in [0.4, 0.5) is 0 Å². The van der Waals surface area contributed by atoms with E-state index in [0.29, 0.717) is 12.5 Å². The topological polar surface area (TPSA) is 41.6 Å². The van der Waals surface area contributed by atoms with Gasteiger partial charge in [-0.25, -0.2) is 0 Å². The number of carbonyl (C=O) groups is 1. The van der Waals surface area contributed by atoms with E-state index in [1.165, 1.54) is 24.9 Å². The van der Waals surface area contributed by atoms with E-state index in [2.05, 4.69) is 23.2 Å². The molecule has 4 nitrogen and oxygen atoms in total. The molecule has 0 aromatic heterocycles. The first-order valence-electron chi connectivity index (χ1n) is 8.01. The lowest BCUT2D eigenvalue weighted by molar-refractivity contribution is -0.120. The number of fused-ring (bicyclic) bond motifs is 1. The molecule has 2 aliphatic heterocycles. The number of carbonyl (C=O) groups excluding carboxylic acids is 1. The van der Waals surface area contributed by atoms with Gasteiger partial charge in [-0.2, -0.15) is 0 Å². The van der Waals surface area contributed by atoms with Crippen molar-refractivity contribution >= 4 is 5.91 Å². The highest BCUT2D eigenvalue weighted by atomic mass is 16.5. The first-order chi connectivity index (χ1) is 10.3. The van der Waals surface area contributed by atoms with Gasteiger partial charge in [0.1, 0.15) is 5.75 Å². The van der Waals surface area contributed by atoms with Crippen LogP contribution in [-0.4, -0.2) is 43.1 Å². The zero-order chi connectivity index (χ0) is 14.7. The molecule has 21 heavy (non-hydrogen) atoms. The minimum atomic E-state index is 0.107. The molecule has 0 bridgehead atoms. The lowest BCUT2D eigenvalue weighted by Crippen LogP contribution is -2.40. The van der Waals surface area contributed by atoms with E-state index in [4.69, 9.17) is 4.74 Å². The maximum atomic E-state index is 12.1. The number of benzene rings is 1.